The number of likely N-dealkylation sites (tertiary alicyclic amines) is 1. The molecule has 1 aliphatic rings. The Balaban J connectivity index is 2.52. The number of Topliss-reactive ketones (excluding diaryl/α,β-unsaturated/α-hetero) is 1. The molecule has 0 aromatic rings. The summed E-state index contributed by atoms with van der Waals surface area (Å²) in [6, 6.07) is 0. The summed E-state index contributed by atoms with van der Waals surface area (Å²) in [5, 5.41) is 0. The Kier molecular flexibility index (Phi) is 3.83. The lowest BCUT2D eigenvalue weighted by Gasteiger charge is -2.30. The molecule has 1 heterocycles. The lowest BCUT2D eigenvalue weighted by molar-refractivity contribution is -0.125. The topological polar surface area (TPSA) is 20.3 Å². The smallest absolute Gasteiger partial charge is 0.136 e. The first-order chi connectivity index (χ1) is 7.13. The summed E-state index contributed by atoms with van der Waals surface area (Å²) in [6.45, 7) is 16.0. The van der Waals surface area contributed by atoms with E-state index in [9.17, 15) is 4.79 Å². The van der Waals surface area contributed by atoms with Crippen molar-refractivity contribution >= 4 is 5.78 Å². The molecule has 0 saturated carbocycles. The van der Waals surface area contributed by atoms with Crippen LogP contribution in [0.25, 0.3) is 0 Å². The molecule has 1 rings (SSSR count). The van der Waals surface area contributed by atoms with Crippen molar-refractivity contribution in [2.75, 3.05) is 19.6 Å². The van der Waals surface area contributed by atoms with Gasteiger partial charge < -0.3 is 4.90 Å². The molecule has 0 radical (unpaired) electrons. The van der Waals surface area contributed by atoms with E-state index in [1.54, 1.807) is 6.92 Å². The third-order valence-electron chi connectivity index (χ3n) is 4.07. The van der Waals surface area contributed by atoms with Crippen molar-refractivity contribution in [3.05, 3.63) is 0 Å². The molecule has 0 amide bonds. The van der Waals surface area contributed by atoms with E-state index in [0.717, 1.165) is 25.6 Å². The molecule has 0 N–H and O–H groups in total. The minimum absolute atomic E-state index is 0.188. The molecule has 1 unspecified atom stereocenters. The van der Waals surface area contributed by atoms with Crippen LogP contribution in [0.3, 0.4) is 0 Å². The van der Waals surface area contributed by atoms with Crippen molar-refractivity contribution in [1.29, 1.82) is 0 Å². The van der Waals surface area contributed by atoms with Crippen molar-refractivity contribution in [3.8, 4) is 0 Å². The standard InChI is InChI=1S/C14H27NO/c1-11(16)14(5,6)10-15-8-7-12(9-15)13(2,3)4/h12H,7-10H2,1-6H3. The quantitative estimate of drug-likeness (QED) is 0.736. The van der Waals surface area contributed by atoms with Crippen molar-refractivity contribution in [3.63, 3.8) is 0 Å². The van der Waals surface area contributed by atoms with E-state index in [1.165, 1.54) is 6.42 Å². The first kappa shape index (κ1) is 13.7. The van der Waals surface area contributed by atoms with Gasteiger partial charge in [0.2, 0.25) is 0 Å². The summed E-state index contributed by atoms with van der Waals surface area (Å²) < 4.78 is 0. The van der Waals surface area contributed by atoms with Gasteiger partial charge in [-0.25, -0.2) is 0 Å². The molecule has 1 fully saturated rings. The Morgan fingerprint density at radius 1 is 1.25 bits per heavy atom. The average Bonchev–Trinajstić information content (AvgIpc) is 2.50. The summed E-state index contributed by atoms with van der Waals surface area (Å²) >= 11 is 0. The second-order valence-corrected chi connectivity index (χ2v) is 7.03. The maximum absolute atomic E-state index is 11.5. The van der Waals surface area contributed by atoms with Crippen molar-refractivity contribution in [2.45, 2.75) is 48.0 Å². The highest BCUT2D eigenvalue weighted by Crippen LogP contribution is 2.34. The predicted octanol–water partition coefficient (Wildman–Crippen LogP) is 2.97. The number of carbonyl (C=O) groups excluding carboxylic acids is 1. The van der Waals surface area contributed by atoms with Crippen molar-refractivity contribution in [1.82, 2.24) is 4.90 Å². The molecule has 0 spiro atoms. The molecule has 1 saturated heterocycles. The maximum Gasteiger partial charge on any atom is 0.136 e. The van der Waals surface area contributed by atoms with Crippen molar-refractivity contribution in [2.24, 2.45) is 16.7 Å². The summed E-state index contributed by atoms with van der Waals surface area (Å²) in [6.07, 6.45) is 1.28. The second-order valence-electron chi connectivity index (χ2n) is 7.03. The molecule has 94 valence electrons. The third kappa shape index (κ3) is 3.31. The fraction of sp³-hybridized carbons (Fsp3) is 0.929. The fourth-order valence-electron chi connectivity index (χ4n) is 2.35. The largest absolute Gasteiger partial charge is 0.302 e. The lowest BCUT2D eigenvalue weighted by Crippen LogP contribution is -2.37. The van der Waals surface area contributed by atoms with E-state index in [1.807, 2.05) is 0 Å². The Morgan fingerprint density at radius 2 is 1.81 bits per heavy atom. The zero-order valence-corrected chi connectivity index (χ0v) is 11.8. The first-order valence-corrected chi connectivity index (χ1v) is 6.36. The molecular weight excluding hydrogens is 198 g/mol. The Hall–Kier alpha value is -0.370. The summed E-state index contributed by atoms with van der Waals surface area (Å²) in [5.74, 6) is 1.07. The SMILES string of the molecule is CC(=O)C(C)(C)CN1CCC(C(C)(C)C)C1. The van der Waals surface area contributed by atoms with E-state index < -0.39 is 0 Å². The molecule has 2 heteroatoms. The van der Waals surface area contributed by atoms with Crippen LogP contribution in [-0.2, 0) is 4.79 Å². The van der Waals surface area contributed by atoms with Crippen LogP contribution in [-0.4, -0.2) is 30.3 Å². The number of hydrogen-bond donors (Lipinski definition) is 0. The van der Waals surface area contributed by atoms with Crippen LogP contribution in [0, 0.1) is 16.7 Å². The van der Waals surface area contributed by atoms with Gasteiger partial charge >= 0.3 is 0 Å². The molecule has 0 bridgehead atoms. The number of hydrogen-bond acceptors (Lipinski definition) is 2. The molecule has 0 aliphatic carbocycles. The number of nitrogens with zero attached hydrogens (tertiary/aromatic N) is 1. The molecular formula is C14H27NO. The Labute approximate surface area is 100 Å². The van der Waals surface area contributed by atoms with Gasteiger partial charge in [-0.3, -0.25) is 4.79 Å². The van der Waals surface area contributed by atoms with Gasteiger partial charge in [0, 0.05) is 18.5 Å². The molecule has 0 aromatic carbocycles. The fourth-order valence-corrected chi connectivity index (χ4v) is 2.35. The van der Waals surface area contributed by atoms with Gasteiger partial charge in [0.25, 0.3) is 0 Å². The van der Waals surface area contributed by atoms with Gasteiger partial charge in [0.05, 0.1) is 0 Å². The van der Waals surface area contributed by atoms with E-state index in [-0.39, 0.29) is 5.41 Å². The van der Waals surface area contributed by atoms with E-state index >= 15 is 0 Å². The van der Waals surface area contributed by atoms with Crippen molar-refractivity contribution < 1.29 is 4.79 Å². The average molecular weight is 225 g/mol. The number of carbonyl (C=O) groups is 1. The van der Waals surface area contributed by atoms with Gasteiger partial charge in [0.1, 0.15) is 5.78 Å². The van der Waals surface area contributed by atoms with Crippen LogP contribution in [0.1, 0.15) is 48.0 Å². The van der Waals surface area contributed by atoms with Gasteiger partial charge in [-0.15, -0.1) is 0 Å². The van der Waals surface area contributed by atoms with Gasteiger partial charge in [-0.1, -0.05) is 34.6 Å². The first-order valence-electron chi connectivity index (χ1n) is 6.36. The minimum Gasteiger partial charge on any atom is -0.302 e. The Bertz CT molecular complexity index is 262. The second kappa shape index (κ2) is 4.48. The van der Waals surface area contributed by atoms with Gasteiger partial charge in [-0.05, 0) is 31.2 Å². The van der Waals surface area contributed by atoms with Gasteiger partial charge in [0.15, 0.2) is 0 Å². The summed E-state index contributed by atoms with van der Waals surface area (Å²) in [4.78, 5) is 14.0. The van der Waals surface area contributed by atoms with Crippen LogP contribution >= 0.6 is 0 Å². The molecule has 2 nitrogen and oxygen atoms in total. The maximum atomic E-state index is 11.5. The highest BCUT2D eigenvalue weighted by molar-refractivity contribution is 5.81. The summed E-state index contributed by atoms with van der Waals surface area (Å²) in [5.41, 5.74) is 0.210. The van der Waals surface area contributed by atoms with Gasteiger partial charge in [-0.2, -0.15) is 0 Å². The molecule has 1 atom stereocenters. The van der Waals surface area contributed by atoms with Crippen LogP contribution in [0.15, 0.2) is 0 Å². The zero-order valence-electron chi connectivity index (χ0n) is 11.8. The third-order valence-corrected chi connectivity index (χ3v) is 4.07. The van der Waals surface area contributed by atoms with E-state index in [2.05, 4.69) is 39.5 Å². The van der Waals surface area contributed by atoms with Crippen LogP contribution in [0.2, 0.25) is 0 Å². The molecule has 16 heavy (non-hydrogen) atoms. The van der Waals surface area contributed by atoms with Crippen LogP contribution in [0.5, 0.6) is 0 Å². The molecule has 1 aliphatic heterocycles. The van der Waals surface area contributed by atoms with Crippen LogP contribution < -0.4 is 0 Å². The zero-order chi connectivity index (χ0) is 12.6. The highest BCUT2D eigenvalue weighted by Gasteiger charge is 2.35. The number of rotatable bonds is 3. The predicted molar refractivity (Wildman–Crippen MR) is 68.5 cm³/mol. The van der Waals surface area contributed by atoms with Crippen LogP contribution in [0.4, 0.5) is 0 Å². The minimum atomic E-state index is -0.188. The van der Waals surface area contributed by atoms with E-state index in [4.69, 9.17) is 0 Å². The lowest BCUT2D eigenvalue weighted by atomic mass is 9.80. The Morgan fingerprint density at radius 3 is 2.19 bits per heavy atom. The highest BCUT2D eigenvalue weighted by atomic mass is 16.1. The normalized spacial score (nSPS) is 23.8. The molecule has 0 aromatic heterocycles. The number of ketones is 1. The van der Waals surface area contributed by atoms with E-state index in [0.29, 0.717) is 11.2 Å². The monoisotopic (exact) mass is 225 g/mol. The summed E-state index contributed by atoms with van der Waals surface area (Å²) in [7, 11) is 0.